The van der Waals surface area contributed by atoms with E-state index >= 15 is 0 Å². The molecule has 2 aromatic carbocycles. The quantitative estimate of drug-likeness (QED) is 0.852. The highest BCUT2D eigenvalue weighted by atomic mass is 16.1. The van der Waals surface area contributed by atoms with Gasteiger partial charge in [-0.1, -0.05) is 51.1 Å². The lowest BCUT2D eigenvalue weighted by Crippen LogP contribution is -2.15. The number of hydrogen-bond donors (Lipinski definition) is 1. The lowest BCUT2D eigenvalue weighted by molar-refractivity contribution is 0.102. The summed E-state index contributed by atoms with van der Waals surface area (Å²) >= 11 is 0. The number of anilines is 1. The van der Waals surface area contributed by atoms with Crippen molar-refractivity contribution in [2.24, 2.45) is 0 Å². The van der Waals surface area contributed by atoms with Gasteiger partial charge in [0.2, 0.25) is 0 Å². The van der Waals surface area contributed by atoms with Gasteiger partial charge in [0.1, 0.15) is 0 Å². The fourth-order valence-corrected chi connectivity index (χ4v) is 1.85. The summed E-state index contributed by atoms with van der Waals surface area (Å²) < 4.78 is 0. The molecule has 0 saturated heterocycles. The lowest BCUT2D eigenvalue weighted by atomic mass is 9.86. The zero-order chi connectivity index (χ0) is 13.9. The fourth-order valence-electron chi connectivity index (χ4n) is 1.85. The molecule has 2 rings (SSSR count). The highest BCUT2D eigenvalue weighted by Crippen LogP contribution is 2.23. The Morgan fingerprint density at radius 1 is 0.947 bits per heavy atom. The Bertz CT molecular complexity index is 567. The van der Waals surface area contributed by atoms with E-state index in [0.717, 1.165) is 11.3 Å². The molecule has 0 aliphatic heterocycles. The van der Waals surface area contributed by atoms with Crippen molar-refractivity contribution in [2.45, 2.75) is 26.2 Å². The molecule has 0 saturated carbocycles. The molecule has 0 aromatic heterocycles. The third kappa shape index (κ3) is 3.44. The molecular weight excluding hydrogens is 234 g/mol. The van der Waals surface area contributed by atoms with Crippen LogP contribution in [-0.4, -0.2) is 5.91 Å². The summed E-state index contributed by atoms with van der Waals surface area (Å²) in [5.41, 5.74) is 2.71. The van der Waals surface area contributed by atoms with Crippen LogP contribution in [0.2, 0.25) is 0 Å². The Hall–Kier alpha value is -2.09. The van der Waals surface area contributed by atoms with Crippen LogP contribution in [0.3, 0.4) is 0 Å². The normalized spacial score (nSPS) is 11.1. The van der Waals surface area contributed by atoms with Gasteiger partial charge in [0.25, 0.3) is 5.91 Å². The molecule has 0 fully saturated rings. The van der Waals surface area contributed by atoms with Crippen LogP contribution in [0.25, 0.3) is 0 Å². The summed E-state index contributed by atoms with van der Waals surface area (Å²) in [4.78, 5) is 12.2. The molecule has 2 aromatic rings. The van der Waals surface area contributed by atoms with E-state index in [0.29, 0.717) is 5.56 Å². The number of rotatable bonds is 2. The van der Waals surface area contributed by atoms with Gasteiger partial charge in [0.05, 0.1) is 0 Å². The molecule has 1 amide bonds. The van der Waals surface area contributed by atoms with Gasteiger partial charge in [-0.3, -0.25) is 4.79 Å². The Labute approximate surface area is 114 Å². The van der Waals surface area contributed by atoms with Gasteiger partial charge < -0.3 is 5.32 Å². The molecule has 0 unspecified atom stereocenters. The van der Waals surface area contributed by atoms with Crippen molar-refractivity contribution in [3.8, 4) is 0 Å². The van der Waals surface area contributed by atoms with Crippen LogP contribution < -0.4 is 5.32 Å². The maximum atomic E-state index is 12.2. The molecular formula is C17H19NO. The van der Waals surface area contributed by atoms with Gasteiger partial charge in [0, 0.05) is 11.3 Å². The number of para-hydroxylation sites is 1. The Morgan fingerprint density at radius 2 is 1.63 bits per heavy atom. The van der Waals surface area contributed by atoms with Crippen molar-refractivity contribution >= 4 is 11.6 Å². The molecule has 0 radical (unpaired) electrons. The van der Waals surface area contributed by atoms with Crippen molar-refractivity contribution in [3.05, 3.63) is 65.7 Å². The van der Waals surface area contributed by atoms with Crippen molar-refractivity contribution in [1.82, 2.24) is 0 Å². The monoisotopic (exact) mass is 253 g/mol. The molecule has 0 heterocycles. The SMILES string of the molecule is CC(C)(C)c1cccc(C(=O)Nc2ccccc2)c1. The second kappa shape index (κ2) is 5.27. The largest absolute Gasteiger partial charge is 0.322 e. The standard InChI is InChI=1S/C17H19NO/c1-17(2,3)14-9-7-8-13(12-14)16(19)18-15-10-5-4-6-11-15/h4-12H,1-3H3,(H,18,19). The minimum Gasteiger partial charge on any atom is -0.322 e. The molecule has 98 valence electrons. The van der Waals surface area contributed by atoms with E-state index in [1.54, 1.807) is 0 Å². The van der Waals surface area contributed by atoms with E-state index in [2.05, 4.69) is 32.2 Å². The minimum absolute atomic E-state index is 0.0447. The van der Waals surface area contributed by atoms with E-state index in [9.17, 15) is 4.79 Å². The minimum atomic E-state index is -0.0719. The molecule has 2 heteroatoms. The van der Waals surface area contributed by atoms with Gasteiger partial charge >= 0.3 is 0 Å². The molecule has 2 nitrogen and oxygen atoms in total. The predicted molar refractivity (Wildman–Crippen MR) is 79.5 cm³/mol. The third-order valence-corrected chi connectivity index (χ3v) is 3.02. The van der Waals surface area contributed by atoms with Crippen LogP contribution in [0.4, 0.5) is 5.69 Å². The average molecular weight is 253 g/mol. The van der Waals surface area contributed by atoms with Crippen molar-refractivity contribution < 1.29 is 4.79 Å². The molecule has 0 aliphatic rings. The number of carbonyl (C=O) groups excluding carboxylic acids is 1. The Balaban J connectivity index is 2.20. The molecule has 0 atom stereocenters. The second-order valence-corrected chi connectivity index (χ2v) is 5.65. The van der Waals surface area contributed by atoms with Crippen LogP contribution >= 0.6 is 0 Å². The lowest BCUT2D eigenvalue weighted by Gasteiger charge is -2.19. The molecule has 0 spiro atoms. The van der Waals surface area contributed by atoms with Gasteiger partial charge in [-0.2, -0.15) is 0 Å². The topological polar surface area (TPSA) is 29.1 Å². The van der Waals surface area contributed by atoms with Gasteiger partial charge in [-0.25, -0.2) is 0 Å². The molecule has 19 heavy (non-hydrogen) atoms. The van der Waals surface area contributed by atoms with Crippen molar-refractivity contribution in [1.29, 1.82) is 0 Å². The molecule has 0 bridgehead atoms. The van der Waals surface area contributed by atoms with Gasteiger partial charge in [-0.05, 0) is 35.2 Å². The molecule has 0 aliphatic carbocycles. The molecule has 1 N–H and O–H groups in total. The van der Waals surface area contributed by atoms with Crippen LogP contribution in [-0.2, 0) is 5.41 Å². The summed E-state index contributed by atoms with van der Waals surface area (Å²) in [5.74, 6) is -0.0719. The third-order valence-electron chi connectivity index (χ3n) is 3.02. The smallest absolute Gasteiger partial charge is 0.255 e. The van der Waals surface area contributed by atoms with Crippen LogP contribution in [0.15, 0.2) is 54.6 Å². The number of amides is 1. The Kier molecular flexibility index (Phi) is 3.70. The first-order valence-corrected chi connectivity index (χ1v) is 6.44. The summed E-state index contributed by atoms with van der Waals surface area (Å²) in [7, 11) is 0. The number of benzene rings is 2. The van der Waals surface area contributed by atoms with E-state index in [1.807, 2.05) is 48.5 Å². The summed E-state index contributed by atoms with van der Waals surface area (Å²) in [6, 6.07) is 17.3. The average Bonchev–Trinajstić information content (AvgIpc) is 2.39. The highest BCUT2D eigenvalue weighted by molar-refractivity contribution is 6.04. The zero-order valence-electron chi connectivity index (χ0n) is 11.6. The van der Waals surface area contributed by atoms with Crippen LogP contribution in [0, 0.1) is 0 Å². The van der Waals surface area contributed by atoms with Crippen LogP contribution in [0.1, 0.15) is 36.7 Å². The van der Waals surface area contributed by atoms with Crippen LogP contribution in [0.5, 0.6) is 0 Å². The van der Waals surface area contributed by atoms with Gasteiger partial charge in [0.15, 0.2) is 0 Å². The number of nitrogens with one attached hydrogen (secondary N) is 1. The fraction of sp³-hybridized carbons (Fsp3) is 0.235. The summed E-state index contributed by atoms with van der Waals surface area (Å²) in [6.07, 6.45) is 0. The van der Waals surface area contributed by atoms with Gasteiger partial charge in [-0.15, -0.1) is 0 Å². The summed E-state index contributed by atoms with van der Waals surface area (Å²) in [5, 5.41) is 2.90. The van der Waals surface area contributed by atoms with E-state index < -0.39 is 0 Å². The highest BCUT2D eigenvalue weighted by Gasteiger charge is 2.15. The Morgan fingerprint density at radius 3 is 2.26 bits per heavy atom. The first-order chi connectivity index (χ1) is 8.97. The maximum Gasteiger partial charge on any atom is 0.255 e. The first-order valence-electron chi connectivity index (χ1n) is 6.44. The van der Waals surface area contributed by atoms with Crippen molar-refractivity contribution in [2.75, 3.05) is 5.32 Å². The van der Waals surface area contributed by atoms with E-state index in [4.69, 9.17) is 0 Å². The first kappa shape index (κ1) is 13.3. The second-order valence-electron chi connectivity index (χ2n) is 5.65. The van der Waals surface area contributed by atoms with E-state index in [-0.39, 0.29) is 11.3 Å². The number of hydrogen-bond acceptors (Lipinski definition) is 1. The predicted octanol–water partition coefficient (Wildman–Crippen LogP) is 4.24. The number of carbonyl (C=O) groups is 1. The van der Waals surface area contributed by atoms with E-state index in [1.165, 1.54) is 0 Å². The summed E-state index contributed by atoms with van der Waals surface area (Å²) in [6.45, 7) is 6.42. The maximum absolute atomic E-state index is 12.2. The van der Waals surface area contributed by atoms with Crippen molar-refractivity contribution in [3.63, 3.8) is 0 Å². The zero-order valence-corrected chi connectivity index (χ0v) is 11.6.